The highest BCUT2D eigenvalue weighted by Gasteiger charge is 2.03. The first-order chi connectivity index (χ1) is 10.3. The molecule has 3 N–H and O–H groups in total. The van der Waals surface area contributed by atoms with Gasteiger partial charge in [0.15, 0.2) is 0 Å². The fourth-order valence-corrected chi connectivity index (χ4v) is 2.53. The highest BCUT2D eigenvalue weighted by molar-refractivity contribution is 7.98. The standard InChI is InChI=1S/C16H18N2O2S.2H2/c17-10-11-18-16(19)20-14-8-6-13(7-9-14)12-21-15-4-2-1-3-5-15;;/h1-9H,10-12,17H2,(H,18,19);2*1H. The van der Waals surface area contributed by atoms with Gasteiger partial charge in [0.1, 0.15) is 5.75 Å². The predicted octanol–water partition coefficient (Wildman–Crippen LogP) is 3.52. The largest absolute Gasteiger partial charge is 0.412 e. The van der Waals surface area contributed by atoms with Crippen LogP contribution in [0.1, 0.15) is 8.42 Å². The van der Waals surface area contributed by atoms with Crippen LogP contribution in [0.15, 0.2) is 59.5 Å². The maximum Gasteiger partial charge on any atom is 0.412 e. The lowest BCUT2D eigenvalue weighted by molar-refractivity contribution is 0.201. The van der Waals surface area contributed by atoms with Gasteiger partial charge < -0.3 is 15.8 Å². The van der Waals surface area contributed by atoms with Crippen LogP contribution in [0.5, 0.6) is 5.75 Å². The van der Waals surface area contributed by atoms with E-state index in [9.17, 15) is 4.79 Å². The van der Waals surface area contributed by atoms with Crippen molar-refractivity contribution in [2.75, 3.05) is 13.1 Å². The molecule has 0 aromatic heterocycles. The van der Waals surface area contributed by atoms with E-state index in [4.69, 9.17) is 10.5 Å². The lowest BCUT2D eigenvalue weighted by Crippen LogP contribution is -2.31. The van der Waals surface area contributed by atoms with Gasteiger partial charge in [-0.05, 0) is 29.8 Å². The average molecular weight is 306 g/mol. The zero-order valence-electron chi connectivity index (χ0n) is 11.6. The molecule has 0 spiro atoms. The second-order valence-corrected chi connectivity index (χ2v) is 5.40. The number of ether oxygens (including phenoxy) is 1. The second-order valence-electron chi connectivity index (χ2n) is 4.35. The molecule has 0 atom stereocenters. The summed E-state index contributed by atoms with van der Waals surface area (Å²) in [5.74, 6) is 1.40. The molecule has 0 aliphatic heterocycles. The summed E-state index contributed by atoms with van der Waals surface area (Å²) in [6, 6.07) is 17.7. The molecular formula is C16H22N2O2S. The first-order valence-corrected chi connectivity index (χ1v) is 7.69. The number of hydrogen-bond donors (Lipinski definition) is 2. The van der Waals surface area contributed by atoms with Gasteiger partial charge in [0, 0.05) is 26.6 Å². The number of nitrogens with two attached hydrogens (primary N) is 1. The normalized spacial score (nSPS) is 10.1. The average Bonchev–Trinajstić information content (AvgIpc) is 2.53. The first-order valence-electron chi connectivity index (χ1n) is 6.70. The Balaban J connectivity index is 0.00000242. The minimum absolute atomic E-state index is 0. The maximum atomic E-state index is 11.4. The zero-order valence-corrected chi connectivity index (χ0v) is 12.4. The van der Waals surface area contributed by atoms with Crippen LogP contribution in [-0.4, -0.2) is 19.2 Å². The van der Waals surface area contributed by atoms with E-state index < -0.39 is 6.09 Å². The number of benzene rings is 2. The van der Waals surface area contributed by atoms with Crippen LogP contribution in [0.4, 0.5) is 4.79 Å². The van der Waals surface area contributed by atoms with Crippen LogP contribution in [0.25, 0.3) is 0 Å². The van der Waals surface area contributed by atoms with Crippen molar-refractivity contribution in [1.82, 2.24) is 5.32 Å². The molecule has 1 amide bonds. The lowest BCUT2D eigenvalue weighted by Gasteiger charge is -2.06. The van der Waals surface area contributed by atoms with Gasteiger partial charge in [0.25, 0.3) is 0 Å². The van der Waals surface area contributed by atoms with Gasteiger partial charge >= 0.3 is 6.09 Å². The molecule has 2 aromatic rings. The fraction of sp³-hybridized carbons (Fsp3) is 0.188. The maximum absolute atomic E-state index is 11.4. The summed E-state index contributed by atoms with van der Waals surface area (Å²) >= 11 is 1.77. The quantitative estimate of drug-likeness (QED) is 0.802. The Morgan fingerprint density at radius 1 is 1.14 bits per heavy atom. The smallest absolute Gasteiger partial charge is 0.410 e. The molecule has 21 heavy (non-hydrogen) atoms. The number of hydrogen-bond acceptors (Lipinski definition) is 4. The summed E-state index contributed by atoms with van der Waals surface area (Å²) < 4.78 is 5.12. The van der Waals surface area contributed by atoms with Crippen molar-refractivity contribution in [3.63, 3.8) is 0 Å². The molecule has 0 bridgehead atoms. The third kappa shape index (κ3) is 5.49. The van der Waals surface area contributed by atoms with E-state index in [1.54, 1.807) is 23.9 Å². The van der Waals surface area contributed by atoms with Gasteiger partial charge in [-0.3, -0.25) is 0 Å². The molecule has 0 aliphatic carbocycles. The third-order valence-corrected chi connectivity index (χ3v) is 3.78. The molecule has 0 heterocycles. The SMILES string of the molecule is NCCNC(=O)Oc1ccc(CSc2ccccc2)cc1.[HH].[HH]. The summed E-state index contributed by atoms with van der Waals surface area (Å²) in [4.78, 5) is 12.6. The van der Waals surface area contributed by atoms with Crippen molar-refractivity contribution in [2.24, 2.45) is 5.73 Å². The number of thioether (sulfide) groups is 1. The van der Waals surface area contributed by atoms with Crippen molar-refractivity contribution in [3.8, 4) is 5.75 Å². The molecule has 2 rings (SSSR count). The fourth-order valence-electron chi connectivity index (χ4n) is 1.65. The zero-order chi connectivity index (χ0) is 14.9. The van der Waals surface area contributed by atoms with Gasteiger partial charge in [-0.15, -0.1) is 11.8 Å². The molecule has 0 radical (unpaired) electrons. The van der Waals surface area contributed by atoms with E-state index in [0.29, 0.717) is 18.8 Å². The number of amides is 1. The molecule has 0 saturated heterocycles. The Bertz CT molecular complexity index is 568. The van der Waals surface area contributed by atoms with Crippen LogP contribution in [-0.2, 0) is 5.75 Å². The predicted molar refractivity (Wildman–Crippen MR) is 89.8 cm³/mol. The van der Waals surface area contributed by atoms with Crippen molar-refractivity contribution >= 4 is 17.9 Å². The monoisotopic (exact) mass is 306 g/mol. The molecular weight excluding hydrogens is 284 g/mol. The minimum Gasteiger partial charge on any atom is -0.410 e. The van der Waals surface area contributed by atoms with Crippen molar-refractivity contribution in [2.45, 2.75) is 10.6 Å². The minimum atomic E-state index is -0.480. The Morgan fingerprint density at radius 2 is 1.86 bits per heavy atom. The van der Waals surface area contributed by atoms with Crippen molar-refractivity contribution < 1.29 is 12.4 Å². The topological polar surface area (TPSA) is 64.3 Å². The van der Waals surface area contributed by atoms with Crippen LogP contribution < -0.4 is 15.8 Å². The van der Waals surface area contributed by atoms with Crippen LogP contribution in [0.2, 0.25) is 0 Å². The Hall–Kier alpha value is -1.98. The van der Waals surface area contributed by atoms with E-state index in [1.165, 1.54) is 10.5 Å². The molecule has 2 aromatic carbocycles. The summed E-state index contributed by atoms with van der Waals surface area (Å²) in [6.07, 6.45) is -0.480. The first kappa shape index (κ1) is 15.4. The molecule has 0 unspecified atom stereocenters. The van der Waals surface area contributed by atoms with Gasteiger partial charge in [-0.1, -0.05) is 30.3 Å². The van der Waals surface area contributed by atoms with E-state index in [-0.39, 0.29) is 2.85 Å². The molecule has 0 saturated carbocycles. The van der Waals surface area contributed by atoms with Crippen LogP contribution in [0, 0.1) is 0 Å². The van der Waals surface area contributed by atoms with E-state index in [1.807, 2.05) is 30.3 Å². The molecule has 114 valence electrons. The summed E-state index contributed by atoms with van der Waals surface area (Å²) in [5, 5.41) is 2.55. The van der Waals surface area contributed by atoms with Gasteiger partial charge in [0.05, 0.1) is 0 Å². The van der Waals surface area contributed by atoms with E-state index in [0.717, 1.165) is 5.75 Å². The molecule has 5 heteroatoms. The summed E-state index contributed by atoms with van der Waals surface area (Å²) in [6.45, 7) is 0.801. The second kappa shape index (κ2) is 8.34. The van der Waals surface area contributed by atoms with Gasteiger partial charge in [-0.25, -0.2) is 4.79 Å². The third-order valence-electron chi connectivity index (χ3n) is 2.70. The molecule has 0 fully saturated rings. The van der Waals surface area contributed by atoms with Crippen molar-refractivity contribution in [3.05, 3.63) is 60.2 Å². The number of nitrogens with one attached hydrogen (secondary N) is 1. The van der Waals surface area contributed by atoms with Crippen LogP contribution in [0.3, 0.4) is 0 Å². The lowest BCUT2D eigenvalue weighted by atomic mass is 10.2. The Kier molecular flexibility index (Phi) is 6.12. The van der Waals surface area contributed by atoms with Crippen molar-refractivity contribution in [1.29, 1.82) is 0 Å². The number of rotatable bonds is 6. The highest BCUT2D eigenvalue weighted by atomic mass is 32.2. The van der Waals surface area contributed by atoms with E-state index >= 15 is 0 Å². The Morgan fingerprint density at radius 3 is 2.52 bits per heavy atom. The molecule has 4 nitrogen and oxygen atoms in total. The Labute approximate surface area is 131 Å². The van der Waals surface area contributed by atoms with Gasteiger partial charge in [-0.2, -0.15) is 0 Å². The van der Waals surface area contributed by atoms with Gasteiger partial charge in [0.2, 0.25) is 0 Å². The summed E-state index contributed by atoms with van der Waals surface area (Å²) in [5.41, 5.74) is 6.48. The number of carbonyl (C=O) groups excluding carboxylic acids is 1. The highest BCUT2D eigenvalue weighted by Crippen LogP contribution is 2.23. The molecule has 0 aliphatic rings. The number of carbonyl (C=O) groups is 1. The summed E-state index contributed by atoms with van der Waals surface area (Å²) in [7, 11) is 0. The van der Waals surface area contributed by atoms with Crippen LogP contribution >= 0.6 is 11.8 Å². The van der Waals surface area contributed by atoms with E-state index in [2.05, 4.69) is 17.4 Å².